The molecule has 0 spiro atoms. The lowest BCUT2D eigenvalue weighted by atomic mass is 10.3. The van der Waals surface area contributed by atoms with Gasteiger partial charge in [0.2, 0.25) is 0 Å². The molecule has 2 rings (SSSR count). The number of hydrogen-bond donors (Lipinski definition) is 1. The molecular weight excluding hydrogens is 207 g/mol. The second-order valence-corrected chi connectivity index (χ2v) is 3.38. The molecule has 1 aliphatic rings. The molecule has 0 atom stereocenters. The van der Waals surface area contributed by atoms with Crippen molar-refractivity contribution in [3.05, 3.63) is 40.8 Å². The van der Waals surface area contributed by atoms with E-state index < -0.39 is 0 Å². The van der Waals surface area contributed by atoms with Crippen LogP contribution >= 0.6 is 23.2 Å². The van der Waals surface area contributed by atoms with E-state index in [1.54, 1.807) is 18.5 Å². The van der Waals surface area contributed by atoms with Crippen molar-refractivity contribution in [1.82, 2.24) is 4.98 Å². The Hall–Kier alpha value is -0.990. The highest BCUT2D eigenvalue weighted by Gasteiger charge is 2.07. The molecule has 0 saturated heterocycles. The number of rotatable bonds is 1. The maximum Gasteiger partial charge on any atom is 0.0897 e. The standard InChI is InChI=1S/C9H6Cl2N2/c10-6-4-8(13-5-6)9(11)7-2-1-3-12-7/h1-5,13H/b9-7+. The van der Waals surface area contributed by atoms with Crippen molar-refractivity contribution in [2.24, 2.45) is 4.99 Å². The fraction of sp³-hybridized carbons (Fsp3) is 0. The average Bonchev–Trinajstić information content (AvgIpc) is 2.72. The SMILES string of the molecule is Cl/C(=C1\C=CC=N1)c1cc(Cl)c[nH]1. The van der Waals surface area contributed by atoms with Crippen molar-refractivity contribution in [1.29, 1.82) is 0 Å². The highest BCUT2D eigenvalue weighted by molar-refractivity contribution is 6.49. The summed E-state index contributed by atoms with van der Waals surface area (Å²) >= 11 is 11.8. The zero-order chi connectivity index (χ0) is 9.26. The molecule has 2 heterocycles. The molecule has 1 aliphatic heterocycles. The Bertz CT molecular complexity index is 399. The van der Waals surface area contributed by atoms with Gasteiger partial charge in [-0.05, 0) is 18.2 Å². The normalized spacial score (nSPS) is 18.3. The van der Waals surface area contributed by atoms with Crippen molar-refractivity contribution in [3.8, 4) is 0 Å². The molecule has 0 unspecified atom stereocenters. The van der Waals surface area contributed by atoms with Crippen LogP contribution in [0.5, 0.6) is 0 Å². The number of aliphatic imine (C=N–C) groups is 1. The van der Waals surface area contributed by atoms with Gasteiger partial charge in [-0.2, -0.15) is 0 Å². The Morgan fingerprint density at radius 1 is 1.46 bits per heavy atom. The maximum absolute atomic E-state index is 6.05. The third-order valence-electron chi connectivity index (χ3n) is 1.66. The zero-order valence-corrected chi connectivity index (χ0v) is 8.10. The molecule has 0 radical (unpaired) electrons. The summed E-state index contributed by atoms with van der Waals surface area (Å²) in [5.74, 6) is 0. The third-order valence-corrected chi connectivity index (χ3v) is 2.28. The summed E-state index contributed by atoms with van der Waals surface area (Å²) in [6, 6.07) is 1.76. The predicted octanol–water partition coefficient (Wildman–Crippen LogP) is 3.22. The van der Waals surface area contributed by atoms with Gasteiger partial charge in [0.05, 0.1) is 21.4 Å². The van der Waals surface area contributed by atoms with Crippen LogP contribution in [0.1, 0.15) is 5.69 Å². The van der Waals surface area contributed by atoms with E-state index in [4.69, 9.17) is 23.2 Å². The molecular formula is C9H6Cl2N2. The predicted molar refractivity (Wildman–Crippen MR) is 56.2 cm³/mol. The van der Waals surface area contributed by atoms with E-state index >= 15 is 0 Å². The zero-order valence-electron chi connectivity index (χ0n) is 6.59. The van der Waals surface area contributed by atoms with Gasteiger partial charge in [-0.1, -0.05) is 23.2 Å². The summed E-state index contributed by atoms with van der Waals surface area (Å²) in [5, 5.41) is 1.22. The number of aromatic nitrogens is 1. The lowest BCUT2D eigenvalue weighted by Crippen LogP contribution is -1.78. The van der Waals surface area contributed by atoms with E-state index in [2.05, 4.69) is 9.98 Å². The molecule has 1 aromatic heterocycles. The Morgan fingerprint density at radius 2 is 2.31 bits per heavy atom. The van der Waals surface area contributed by atoms with E-state index in [1.807, 2.05) is 12.2 Å². The summed E-state index contributed by atoms with van der Waals surface area (Å²) in [5.41, 5.74) is 1.53. The fourth-order valence-corrected chi connectivity index (χ4v) is 1.45. The Balaban J connectivity index is 2.42. The molecule has 0 aliphatic carbocycles. The molecule has 0 fully saturated rings. The van der Waals surface area contributed by atoms with Crippen LogP contribution in [0.3, 0.4) is 0 Å². The Morgan fingerprint density at radius 3 is 2.85 bits per heavy atom. The van der Waals surface area contributed by atoms with E-state index in [0.29, 0.717) is 10.1 Å². The lowest BCUT2D eigenvalue weighted by Gasteiger charge is -1.95. The minimum absolute atomic E-state index is 0.580. The molecule has 0 amide bonds. The fourth-order valence-electron chi connectivity index (χ4n) is 1.06. The van der Waals surface area contributed by atoms with Crippen LogP contribution in [0.2, 0.25) is 5.02 Å². The highest BCUT2D eigenvalue weighted by Crippen LogP contribution is 2.26. The van der Waals surface area contributed by atoms with Crippen LogP contribution in [0.15, 0.2) is 35.1 Å². The molecule has 1 N–H and O–H groups in total. The first-order valence-electron chi connectivity index (χ1n) is 3.72. The van der Waals surface area contributed by atoms with Crippen LogP contribution < -0.4 is 0 Å². The molecule has 0 bridgehead atoms. The molecule has 1 aromatic rings. The summed E-state index contributed by atoms with van der Waals surface area (Å²) in [4.78, 5) is 7.02. The lowest BCUT2D eigenvalue weighted by molar-refractivity contribution is 1.35. The third kappa shape index (κ3) is 1.69. The Kier molecular flexibility index (Phi) is 2.25. The first-order valence-corrected chi connectivity index (χ1v) is 4.48. The number of nitrogens with zero attached hydrogens (tertiary/aromatic N) is 1. The molecule has 4 heteroatoms. The summed E-state index contributed by atoms with van der Waals surface area (Å²) in [6.07, 6.45) is 7.06. The monoisotopic (exact) mass is 212 g/mol. The minimum atomic E-state index is 0.580. The van der Waals surface area contributed by atoms with Gasteiger partial charge >= 0.3 is 0 Å². The molecule has 66 valence electrons. The number of hydrogen-bond acceptors (Lipinski definition) is 1. The summed E-state index contributed by atoms with van der Waals surface area (Å²) in [6.45, 7) is 0. The largest absolute Gasteiger partial charge is 0.359 e. The second-order valence-electron chi connectivity index (χ2n) is 2.57. The van der Waals surface area contributed by atoms with E-state index in [9.17, 15) is 0 Å². The second kappa shape index (κ2) is 3.40. The van der Waals surface area contributed by atoms with Gasteiger partial charge in [0, 0.05) is 12.4 Å². The van der Waals surface area contributed by atoms with E-state index in [1.165, 1.54) is 0 Å². The van der Waals surface area contributed by atoms with Crippen LogP contribution in [0.25, 0.3) is 5.03 Å². The number of halogens is 2. The van der Waals surface area contributed by atoms with Gasteiger partial charge in [-0.15, -0.1) is 0 Å². The van der Waals surface area contributed by atoms with Gasteiger partial charge in [-0.3, -0.25) is 4.99 Å². The van der Waals surface area contributed by atoms with Gasteiger partial charge in [-0.25, -0.2) is 0 Å². The van der Waals surface area contributed by atoms with Crippen LogP contribution in [0, 0.1) is 0 Å². The van der Waals surface area contributed by atoms with Crippen LogP contribution in [0.4, 0.5) is 0 Å². The van der Waals surface area contributed by atoms with E-state index in [0.717, 1.165) is 11.4 Å². The average molecular weight is 213 g/mol. The molecule has 13 heavy (non-hydrogen) atoms. The highest BCUT2D eigenvalue weighted by atomic mass is 35.5. The smallest absolute Gasteiger partial charge is 0.0897 e. The first-order chi connectivity index (χ1) is 6.27. The molecule has 0 aromatic carbocycles. The van der Waals surface area contributed by atoms with Gasteiger partial charge in [0.25, 0.3) is 0 Å². The quantitative estimate of drug-likeness (QED) is 0.741. The molecule has 0 saturated carbocycles. The van der Waals surface area contributed by atoms with Gasteiger partial charge in [0.1, 0.15) is 0 Å². The number of H-pyrrole nitrogens is 1. The maximum atomic E-state index is 6.05. The van der Waals surface area contributed by atoms with Crippen LogP contribution in [-0.4, -0.2) is 11.2 Å². The number of aromatic amines is 1. The van der Waals surface area contributed by atoms with Crippen molar-refractivity contribution in [2.75, 3.05) is 0 Å². The van der Waals surface area contributed by atoms with Gasteiger partial charge < -0.3 is 4.98 Å². The summed E-state index contributed by atoms with van der Waals surface area (Å²) < 4.78 is 0. The molecule has 2 nitrogen and oxygen atoms in total. The Labute approximate surface area is 85.6 Å². The van der Waals surface area contributed by atoms with Crippen molar-refractivity contribution >= 4 is 34.4 Å². The van der Waals surface area contributed by atoms with E-state index in [-0.39, 0.29) is 0 Å². The number of allylic oxidation sites excluding steroid dienone is 2. The van der Waals surface area contributed by atoms with Crippen molar-refractivity contribution in [3.63, 3.8) is 0 Å². The first kappa shape index (κ1) is 8.60. The van der Waals surface area contributed by atoms with Crippen molar-refractivity contribution in [2.45, 2.75) is 0 Å². The van der Waals surface area contributed by atoms with Gasteiger partial charge in [0.15, 0.2) is 0 Å². The summed E-state index contributed by atoms with van der Waals surface area (Å²) in [7, 11) is 0. The minimum Gasteiger partial charge on any atom is -0.359 e. The number of nitrogens with one attached hydrogen (secondary N) is 1. The topological polar surface area (TPSA) is 28.1 Å². The van der Waals surface area contributed by atoms with Crippen LogP contribution in [-0.2, 0) is 0 Å². The van der Waals surface area contributed by atoms with Crippen molar-refractivity contribution < 1.29 is 0 Å².